The van der Waals surface area contributed by atoms with Gasteiger partial charge >= 0.3 is 0 Å². The first-order chi connectivity index (χ1) is 14.1. The van der Waals surface area contributed by atoms with Gasteiger partial charge in [-0.05, 0) is 19.8 Å². The standard InChI is InChI=1S/C21H30N6O2/c1-5-8-16(9-6-2)25-19-15(12-22-20-17(19)13-23-27(20)7-3)14-26(4)21(28)18-10-11-24-29-18/h10-13,16H,5-9,14H2,1-4H3,(H,22,25). The van der Waals surface area contributed by atoms with Crippen LogP contribution in [0.2, 0.25) is 0 Å². The zero-order valence-corrected chi connectivity index (χ0v) is 17.7. The second kappa shape index (κ2) is 9.54. The van der Waals surface area contributed by atoms with Crippen molar-refractivity contribution in [1.82, 2.24) is 24.8 Å². The fourth-order valence-electron chi connectivity index (χ4n) is 3.62. The van der Waals surface area contributed by atoms with Crippen molar-refractivity contribution in [2.75, 3.05) is 12.4 Å². The van der Waals surface area contributed by atoms with Gasteiger partial charge in [0, 0.05) is 44.0 Å². The molecule has 0 fully saturated rings. The van der Waals surface area contributed by atoms with Crippen LogP contribution in [0.3, 0.4) is 0 Å². The maximum absolute atomic E-state index is 12.6. The molecule has 0 aliphatic rings. The molecular weight excluding hydrogens is 368 g/mol. The Morgan fingerprint density at radius 1 is 1.24 bits per heavy atom. The fraction of sp³-hybridized carbons (Fsp3) is 0.524. The number of anilines is 1. The maximum atomic E-state index is 12.6. The molecule has 0 saturated heterocycles. The highest BCUT2D eigenvalue weighted by atomic mass is 16.5. The number of aryl methyl sites for hydroxylation is 1. The van der Waals surface area contributed by atoms with E-state index in [-0.39, 0.29) is 11.7 Å². The van der Waals surface area contributed by atoms with Gasteiger partial charge in [-0.3, -0.25) is 4.79 Å². The lowest BCUT2D eigenvalue weighted by atomic mass is 10.0. The molecule has 0 radical (unpaired) electrons. The Hall–Kier alpha value is -2.90. The van der Waals surface area contributed by atoms with Crippen LogP contribution in [-0.4, -0.2) is 43.8 Å². The van der Waals surface area contributed by atoms with Gasteiger partial charge < -0.3 is 14.7 Å². The third-order valence-corrected chi connectivity index (χ3v) is 5.07. The highest BCUT2D eigenvalue weighted by Gasteiger charge is 2.20. The Bertz CT molecular complexity index is 928. The van der Waals surface area contributed by atoms with Gasteiger partial charge in [-0.1, -0.05) is 31.8 Å². The van der Waals surface area contributed by atoms with Crippen molar-refractivity contribution in [3.05, 3.63) is 36.0 Å². The number of carbonyl (C=O) groups is 1. The molecule has 0 saturated carbocycles. The van der Waals surface area contributed by atoms with Crippen LogP contribution in [0.4, 0.5) is 5.69 Å². The molecular formula is C21H30N6O2. The summed E-state index contributed by atoms with van der Waals surface area (Å²) in [5.41, 5.74) is 2.83. The molecule has 29 heavy (non-hydrogen) atoms. The SMILES string of the molecule is CCCC(CCC)Nc1c(CN(C)C(=O)c2ccno2)cnc2c1cnn2CC. The number of rotatable bonds is 10. The number of aromatic nitrogens is 4. The van der Waals surface area contributed by atoms with Gasteiger partial charge in [0.25, 0.3) is 5.91 Å². The van der Waals surface area contributed by atoms with Crippen LogP contribution in [-0.2, 0) is 13.1 Å². The predicted molar refractivity (Wildman–Crippen MR) is 113 cm³/mol. The van der Waals surface area contributed by atoms with Gasteiger partial charge in [0.1, 0.15) is 0 Å². The molecule has 3 rings (SSSR count). The quantitative estimate of drug-likeness (QED) is 0.553. The maximum Gasteiger partial charge on any atom is 0.292 e. The van der Waals surface area contributed by atoms with Gasteiger partial charge in [0.2, 0.25) is 5.76 Å². The number of hydrogen-bond donors (Lipinski definition) is 1. The van der Waals surface area contributed by atoms with Gasteiger partial charge in [-0.15, -0.1) is 0 Å². The number of hydrogen-bond acceptors (Lipinski definition) is 6. The molecule has 1 amide bonds. The van der Waals surface area contributed by atoms with Crippen LogP contribution >= 0.6 is 0 Å². The summed E-state index contributed by atoms with van der Waals surface area (Å²) in [6.07, 6.45) is 9.58. The number of nitrogens with zero attached hydrogens (tertiary/aromatic N) is 5. The van der Waals surface area contributed by atoms with E-state index in [1.54, 1.807) is 18.0 Å². The lowest BCUT2D eigenvalue weighted by Gasteiger charge is -2.23. The van der Waals surface area contributed by atoms with Gasteiger partial charge in [-0.25, -0.2) is 9.67 Å². The Kier molecular flexibility index (Phi) is 6.85. The Labute approximate surface area is 171 Å². The lowest BCUT2D eigenvalue weighted by Crippen LogP contribution is -2.27. The number of pyridine rings is 1. The summed E-state index contributed by atoms with van der Waals surface area (Å²) in [7, 11) is 1.75. The highest BCUT2D eigenvalue weighted by molar-refractivity contribution is 5.93. The van der Waals surface area contributed by atoms with Crippen molar-refractivity contribution in [2.45, 2.75) is 65.6 Å². The van der Waals surface area contributed by atoms with E-state index in [2.05, 4.69) is 41.3 Å². The van der Waals surface area contributed by atoms with Crippen LogP contribution in [0.1, 0.15) is 62.6 Å². The largest absolute Gasteiger partial charge is 0.381 e. The molecule has 156 valence electrons. The monoisotopic (exact) mass is 398 g/mol. The summed E-state index contributed by atoms with van der Waals surface area (Å²) in [6, 6.07) is 1.94. The van der Waals surface area contributed by atoms with Crippen LogP contribution in [0.5, 0.6) is 0 Å². The van der Waals surface area contributed by atoms with Crippen LogP contribution in [0.15, 0.2) is 29.2 Å². The molecule has 8 heteroatoms. The predicted octanol–water partition coefficient (Wildman–Crippen LogP) is 4.09. The summed E-state index contributed by atoms with van der Waals surface area (Å²) < 4.78 is 6.91. The third kappa shape index (κ3) is 4.58. The van der Waals surface area contributed by atoms with Crippen molar-refractivity contribution >= 4 is 22.6 Å². The smallest absolute Gasteiger partial charge is 0.292 e. The summed E-state index contributed by atoms with van der Waals surface area (Å²) in [5.74, 6) is 0.0150. The first kappa shape index (κ1) is 20.8. The van der Waals surface area contributed by atoms with E-state index in [1.165, 1.54) is 6.20 Å². The third-order valence-electron chi connectivity index (χ3n) is 5.07. The first-order valence-electron chi connectivity index (χ1n) is 10.3. The van der Waals surface area contributed by atoms with E-state index < -0.39 is 0 Å². The van der Waals surface area contributed by atoms with E-state index in [9.17, 15) is 4.79 Å². The lowest BCUT2D eigenvalue weighted by molar-refractivity contribution is 0.0743. The van der Waals surface area contributed by atoms with E-state index in [0.29, 0.717) is 12.6 Å². The van der Waals surface area contributed by atoms with E-state index in [0.717, 1.165) is 54.5 Å². The highest BCUT2D eigenvalue weighted by Crippen LogP contribution is 2.29. The molecule has 0 unspecified atom stereocenters. The van der Waals surface area contributed by atoms with Crippen molar-refractivity contribution in [2.24, 2.45) is 0 Å². The average Bonchev–Trinajstić information content (AvgIpc) is 3.39. The molecule has 3 aromatic heterocycles. The minimum atomic E-state index is -0.212. The molecule has 3 aromatic rings. The molecule has 0 aliphatic heterocycles. The van der Waals surface area contributed by atoms with E-state index in [1.807, 2.05) is 17.1 Å². The summed E-state index contributed by atoms with van der Waals surface area (Å²) in [6.45, 7) is 7.62. The van der Waals surface area contributed by atoms with Crippen molar-refractivity contribution in [3.8, 4) is 0 Å². The summed E-state index contributed by atoms with van der Waals surface area (Å²) in [4.78, 5) is 18.8. The fourth-order valence-corrected chi connectivity index (χ4v) is 3.62. The van der Waals surface area contributed by atoms with Gasteiger partial charge in [0.15, 0.2) is 5.65 Å². The first-order valence-corrected chi connectivity index (χ1v) is 10.3. The average molecular weight is 399 g/mol. The molecule has 3 heterocycles. The number of nitrogens with one attached hydrogen (secondary N) is 1. The second-order valence-corrected chi connectivity index (χ2v) is 7.31. The van der Waals surface area contributed by atoms with E-state index in [4.69, 9.17) is 4.52 Å². The van der Waals surface area contributed by atoms with Crippen molar-refractivity contribution in [3.63, 3.8) is 0 Å². The van der Waals surface area contributed by atoms with Crippen LogP contribution in [0.25, 0.3) is 11.0 Å². The van der Waals surface area contributed by atoms with Crippen molar-refractivity contribution in [1.29, 1.82) is 0 Å². The molecule has 0 bridgehead atoms. The zero-order chi connectivity index (χ0) is 20.8. The Morgan fingerprint density at radius 3 is 2.62 bits per heavy atom. The Balaban J connectivity index is 1.95. The Morgan fingerprint density at radius 2 is 2.00 bits per heavy atom. The number of fused-ring (bicyclic) bond motifs is 1. The van der Waals surface area contributed by atoms with Gasteiger partial charge in [-0.2, -0.15) is 5.10 Å². The summed E-state index contributed by atoms with van der Waals surface area (Å²) in [5, 5.41) is 12.8. The van der Waals surface area contributed by atoms with Crippen LogP contribution in [0, 0.1) is 0 Å². The second-order valence-electron chi connectivity index (χ2n) is 7.31. The normalized spacial score (nSPS) is 11.3. The minimum Gasteiger partial charge on any atom is -0.381 e. The van der Waals surface area contributed by atoms with E-state index >= 15 is 0 Å². The number of amides is 1. The molecule has 0 spiro atoms. The number of carbonyl (C=O) groups excluding carboxylic acids is 1. The molecule has 0 aromatic carbocycles. The van der Waals surface area contributed by atoms with Crippen molar-refractivity contribution < 1.29 is 9.32 Å². The van der Waals surface area contributed by atoms with Gasteiger partial charge in [0.05, 0.1) is 23.5 Å². The zero-order valence-electron chi connectivity index (χ0n) is 17.7. The van der Waals surface area contributed by atoms with Crippen LogP contribution < -0.4 is 5.32 Å². The molecule has 0 atom stereocenters. The molecule has 8 nitrogen and oxygen atoms in total. The summed E-state index contributed by atoms with van der Waals surface area (Å²) >= 11 is 0. The molecule has 1 N–H and O–H groups in total. The minimum absolute atomic E-state index is 0.212. The molecule has 0 aliphatic carbocycles. The topological polar surface area (TPSA) is 89.1 Å².